The molecule has 0 aliphatic rings. The number of carbonyl (C=O) groups excluding carboxylic acids is 1. The lowest BCUT2D eigenvalue weighted by Crippen LogP contribution is -2.30. The smallest absolute Gasteiger partial charge is 0.259 e. The first kappa shape index (κ1) is 22.0. The molecule has 3 rings (SSSR count). The van der Waals surface area contributed by atoms with Crippen molar-refractivity contribution in [2.45, 2.75) is 24.9 Å². The van der Waals surface area contributed by atoms with Crippen molar-refractivity contribution in [2.75, 3.05) is 0 Å². The van der Waals surface area contributed by atoms with E-state index in [0.717, 1.165) is 11.1 Å². The monoisotopic (exact) mass is 435 g/mol. The van der Waals surface area contributed by atoms with E-state index in [4.69, 9.17) is 15.4 Å². The summed E-state index contributed by atoms with van der Waals surface area (Å²) < 4.78 is 33.6. The highest BCUT2D eigenvalue weighted by atomic mass is 32.2. The van der Waals surface area contributed by atoms with Gasteiger partial charge in [0.05, 0.1) is 11.4 Å². The number of carbonyl (C=O) groups is 1. The van der Waals surface area contributed by atoms with Gasteiger partial charge < -0.3 is 10.2 Å². The average molecular weight is 436 g/mol. The number of aryl methyl sites for hydroxylation is 1. The number of rotatable bonds is 8. The first-order valence-electron chi connectivity index (χ1n) is 9.40. The first-order valence-corrected chi connectivity index (χ1v) is 10.8. The molecule has 0 spiro atoms. The molecule has 2 aromatic carbocycles. The van der Waals surface area contributed by atoms with E-state index in [0.29, 0.717) is 5.76 Å². The van der Waals surface area contributed by atoms with Gasteiger partial charge in [-0.25, -0.2) is 8.42 Å². The van der Waals surface area contributed by atoms with Crippen LogP contribution >= 0.6 is 0 Å². The highest BCUT2D eigenvalue weighted by Crippen LogP contribution is 2.23. The Morgan fingerprint density at radius 2 is 1.74 bits per heavy atom. The zero-order chi connectivity index (χ0) is 22.4. The Kier molecular flexibility index (Phi) is 6.70. The number of benzene rings is 2. The van der Waals surface area contributed by atoms with Gasteiger partial charge in [-0.05, 0) is 36.8 Å². The molecule has 2 N–H and O–H groups in total. The van der Waals surface area contributed by atoms with E-state index in [9.17, 15) is 13.2 Å². The second-order valence-corrected chi connectivity index (χ2v) is 8.85. The number of furan rings is 1. The van der Waals surface area contributed by atoms with E-state index in [1.807, 2.05) is 37.3 Å². The highest BCUT2D eigenvalue weighted by Gasteiger charge is 2.26. The summed E-state index contributed by atoms with van der Waals surface area (Å²) in [6.07, 6.45) is 1.22. The van der Waals surface area contributed by atoms with E-state index in [1.54, 1.807) is 42.5 Å². The second kappa shape index (κ2) is 9.43. The van der Waals surface area contributed by atoms with Crippen molar-refractivity contribution in [1.82, 2.24) is 4.31 Å². The van der Waals surface area contributed by atoms with Crippen LogP contribution in [0.3, 0.4) is 0 Å². The molecule has 3 aromatic rings. The molecule has 31 heavy (non-hydrogen) atoms. The molecule has 0 bridgehead atoms. The zero-order valence-electron chi connectivity index (χ0n) is 16.9. The molecule has 1 aromatic heterocycles. The van der Waals surface area contributed by atoms with Crippen LogP contribution in [0.4, 0.5) is 0 Å². The Bertz CT molecular complexity index is 1240. The Morgan fingerprint density at radius 3 is 2.35 bits per heavy atom. The van der Waals surface area contributed by atoms with Crippen molar-refractivity contribution in [1.29, 1.82) is 5.26 Å². The van der Waals surface area contributed by atoms with Crippen molar-refractivity contribution in [3.8, 4) is 6.07 Å². The SMILES string of the molecule is Cc1ccc(S(=O)(=O)N(Cc2ccccc2)Cc2ccc(C=C(C#N)C(N)=O)o2)cc1. The largest absolute Gasteiger partial charge is 0.460 e. The molecule has 0 fully saturated rings. The van der Waals surface area contributed by atoms with Gasteiger partial charge in [0.25, 0.3) is 5.91 Å². The lowest BCUT2D eigenvalue weighted by atomic mass is 10.2. The first-order chi connectivity index (χ1) is 14.8. The molecular formula is C23H21N3O4S. The van der Waals surface area contributed by atoms with Gasteiger partial charge in [0, 0.05) is 12.6 Å². The third-order valence-corrected chi connectivity index (χ3v) is 6.35. The number of hydrogen-bond donors (Lipinski definition) is 1. The molecule has 1 amide bonds. The predicted molar refractivity (Wildman–Crippen MR) is 116 cm³/mol. The van der Waals surface area contributed by atoms with E-state index in [2.05, 4.69) is 0 Å². The summed E-state index contributed by atoms with van der Waals surface area (Å²) in [7, 11) is -3.81. The zero-order valence-corrected chi connectivity index (χ0v) is 17.7. The average Bonchev–Trinajstić information content (AvgIpc) is 3.19. The fourth-order valence-electron chi connectivity index (χ4n) is 2.90. The van der Waals surface area contributed by atoms with Gasteiger partial charge in [-0.1, -0.05) is 48.0 Å². The minimum atomic E-state index is -3.81. The minimum absolute atomic E-state index is 0.0304. The standard InChI is InChI=1S/C23H21N3O4S/c1-17-7-11-22(12-8-17)31(28,29)26(15-18-5-3-2-4-6-18)16-21-10-9-20(30-21)13-19(14-24)23(25)27/h2-13H,15-16H2,1H3,(H2,25,27). The van der Waals surface area contributed by atoms with Crippen LogP contribution in [0.25, 0.3) is 6.08 Å². The van der Waals surface area contributed by atoms with Gasteiger partial charge in [-0.2, -0.15) is 9.57 Å². The number of sulfonamides is 1. The number of hydrogen-bond acceptors (Lipinski definition) is 5. The summed E-state index contributed by atoms with van der Waals surface area (Å²) in [4.78, 5) is 11.4. The lowest BCUT2D eigenvalue weighted by Gasteiger charge is -2.21. The number of primary amides is 1. The van der Waals surface area contributed by atoms with Gasteiger partial charge in [-0.15, -0.1) is 0 Å². The molecule has 0 saturated carbocycles. The van der Waals surface area contributed by atoms with Crippen LogP contribution in [0.15, 0.2) is 81.6 Å². The summed E-state index contributed by atoms with van der Waals surface area (Å²) in [5.41, 5.74) is 6.67. The van der Waals surface area contributed by atoms with Crippen molar-refractivity contribution in [2.24, 2.45) is 5.73 Å². The molecule has 0 unspecified atom stereocenters. The molecule has 0 radical (unpaired) electrons. The van der Waals surface area contributed by atoms with Gasteiger partial charge in [0.2, 0.25) is 10.0 Å². The molecule has 0 saturated heterocycles. The lowest BCUT2D eigenvalue weighted by molar-refractivity contribution is -0.114. The quantitative estimate of drug-likeness (QED) is 0.430. The summed E-state index contributed by atoms with van der Waals surface area (Å²) >= 11 is 0. The fourth-order valence-corrected chi connectivity index (χ4v) is 4.30. The van der Waals surface area contributed by atoms with Gasteiger partial charge in [0.1, 0.15) is 23.2 Å². The molecule has 0 aliphatic heterocycles. The van der Waals surface area contributed by atoms with Crippen molar-refractivity contribution in [3.63, 3.8) is 0 Å². The fraction of sp³-hybridized carbons (Fsp3) is 0.130. The van der Waals surface area contributed by atoms with Crippen LogP contribution < -0.4 is 5.73 Å². The van der Waals surface area contributed by atoms with E-state index < -0.39 is 15.9 Å². The van der Waals surface area contributed by atoms with E-state index in [-0.39, 0.29) is 29.3 Å². The molecule has 7 nitrogen and oxygen atoms in total. The third-order valence-electron chi connectivity index (χ3n) is 4.55. The van der Waals surface area contributed by atoms with Crippen LogP contribution in [0.1, 0.15) is 22.6 Å². The Morgan fingerprint density at radius 1 is 1.06 bits per heavy atom. The Hall–Kier alpha value is -3.67. The van der Waals surface area contributed by atoms with Crippen LogP contribution in [0.5, 0.6) is 0 Å². The minimum Gasteiger partial charge on any atom is -0.460 e. The number of nitriles is 1. The Balaban J connectivity index is 1.93. The molecule has 0 aliphatic carbocycles. The van der Waals surface area contributed by atoms with E-state index >= 15 is 0 Å². The van der Waals surface area contributed by atoms with Crippen LogP contribution in [0.2, 0.25) is 0 Å². The maximum atomic E-state index is 13.3. The van der Waals surface area contributed by atoms with E-state index in [1.165, 1.54) is 10.4 Å². The number of amides is 1. The van der Waals surface area contributed by atoms with Gasteiger partial charge >= 0.3 is 0 Å². The topological polar surface area (TPSA) is 117 Å². The van der Waals surface area contributed by atoms with Crippen molar-refractivity contribution in [3.05, 3.63) is 95.0 Å². The molecular weight excluding hydrogens is 414 g/mol. The summed E-state index contributed by atoms with van der Waals surface area (Å²) in [6, 6.07) is 20.7. The predicted octanol–water partition coefficient (Wildman–Crippen LogP) is 3.37. The third kappa shape index (κ3) is 5.48. The summed E-state index contributed by atoms with van der Waals surface area (Å²) in [6.45, 7) is 2.00. The van der Waals surface area contributed by atoms with Crippen LogP contribution in [-0.2, 0) is 27.9 Å². The molecule has 158 valence electrons. The Labute approximate surface area is 181 Å². The van der Waals surface area contributed by atoms with Gasteiger partial charge in [0.15, 0.2) is 0 Å². The normalized spacial score (nSPS) is 12.0. The maximum Gasteiger partial charge on any atom is 0.259 e. The summed E-state index contributed by atoms with van der Waals surface area (Å²) in [5.74, 6) is -0.273. The number of nitrogens with two attached hydrogens (primary N) is 1. The van der Waals surface area contributed by atoms with Crippen molar-refractivity contribution >= 4 is 22.0 Å². The summed E-state index contributed by atoms with van der Waals surface area (Å²) in [5, 5.41) is 8.98. The molecule has 1 heterocycles. The van der Waals surface area contributed by atoms with Crippen molar-refractivity contribution < 1.29 is 17.6 Å². The van der Waals surface area contributed by atoms with Gasteiger partial charge in [-0.3, -0.25) is 4.79 Å². The van der Waals surface area contributed by atoms with Crippen LogP contribution in [0, 0.1) is 18.3 Å². The highest BCUT2D eigenvalue weighted by molar-refractivity contribution is 7.89. The van der Waals surface area contributed by atoms with Crippen LogP contribution in [-0.4, -0.2) is 18.6 Å². The maximum absolute atomic E-state index is 13.3. The number of nitrogens with zero attached hydrogens (tertiary/aromatic N) is 2. The molecule has 8 heteroatoms. The molecule has 0 atom stereocenters. The second-order valence-electron chi connectivity index (χ2n) is 6.91.